The SMILES string of the molecule is Cc1cccc(C)c1CC(O)c1ccc2c(c1)OCCO2. The van der Waals surface area contributed by atoms with Crippen molar-refractivity contribution in [1.82, 2.24) is 0 Å². The van der Waals surface area contributed by atoms with Crippen LogP contribution in [-0.4, -0.2) is 18.3 Å². The van der Waals surface area contributed by atoms with E-state index in [2.05, 4.69) is 26.0 Å². The van der Waals surface area contributed by atoms with Crippen LogP contribution in [0.25, 0.3) is 0 Å². The minimum atomic E-state index is -0.541. The van der Waals surface area contributed by atoms with Gasteiger partial charge in [0.1, 0.15) is 13.2 Å². The number of aryl methyl sites for hydroxylation is 2. The van der Waals surface area contributed by atoms with Gasteiger partial charge < -0.3 is 14.6 Å². The summed E-state index contributed by atoms with van der Waals surface area (Å²) in [6.07, 6.45) is 0.0682. The fourth-order valence-corrected chi connectivity index (χ4v) is 2.75. The van der Waals surface area contributed by atoms with Gasteiger partial charge in [-0.1, -0.05) is 24.3 Å². The first-order valence-corrected chi connectivity index (χ1v) is 7.28. The quantitative estimate of drug-likeness (QED) is 0.939. The molecule has 0 amide bonds. The number of ether oxygens (including phenoxy) is 2. The molecule has 1 N–H and O–H groups in total. The molecule has 3 heteroatoms. The van der Waals surface area contributed by atoms with E-state index in [1.165, 1.54) is 16.7 Å². The Labute approximate surface area is 125 Å². The minimum Gasteiger partial charge on any atom is -0.486 e. The van der Waals surface area contributed by atoms with Crippen LogP contribution in [0.4, 0.5) is 0 Å². The van der Waals surface area contributed by atoms with Crippen molar-refractivity contribution in [3.05, 3.63) is 58.7 Å². The Balaban J connectivity index is 1.84. The summed E-state index contributed by atoms with van der Waals surface area (Å²) < 4.78 is 11.1. The maximum atomic E-state index is 10.5. The molecular weight excluding hydrogens is 264 g/mol. The highest BCUT2D eigenvalue weighted by atomic mass is 16.6. The Morgan fingerprint density at radius 3 is 2.38 bits per heavy atom. The van der Waals surface area contributed by atoms with E-state index in [-0.39, 0.29) is 0 Å². The first kappa shape index (κ1) is 14.0. The van der Waals surface area contributed by atoms with Gasteiger partial charge in [0.25, 0.3) is 0 Å². The molecule has 21 heavy (non-hydrogen) atoms. The topological polar surface area (TPSA) is 38.7 Å². The van der Waals surface area contributed by atoms with Crippen molar-refractivity contribution in [2.24, 2.45) is 0 Å². The van der Waals surface area contributed by atoms with Gasteiger partial charge in [0, 0.05) is 6.42 Å². The fraction of sp³-hybridized carbons (Fsp3) is 0.333. The lowest BCUT2D eigenvalue weighted by Gasteiger charge is -2.21. The molecule has 110 valence electrons. The summed E-state index contributed by atoms with van der Waals surface area (Å²) in [4.78, 5) is 0. The molecule has 0 aliphatic carbocycles. The van der Waals surface area contributed by atoms with Crippen LogP contribution in [0.5, 0.6) is 11.5 Å². The Bertz CT molecular complexity index is 629. The summed E-state index contributed by atoms with van der Waals surface area (Å²) in [5.74, 6) is 1.48. The molecule has 0 saturated heterocycles. The molecule has 0 aromatic heterocycles. The molecule has 0 saturated carbocycles. The van der Waals surface area contributed by atoms with Crippen molar-refractivity contribution in [3.8, 4) is 11.5 Å². The molecule has 1 aliphatic rings. The third-order valence-corrected chi connectivity index (χ3v) is 3.99. The molecule has 2 aromatic carbocycles. The first-order valence-electron chi connectivity index (χ1n) is 7.28. The predicted molar refractivity (Wildman–Crippen MR) is 82.0 cm³/mol. The van der Waals surface area contributed by atoms with Gasteiger partial charge in [-0.3, -0.25) is 0 Å². The number of fused-ring (bicyclic) bond motifs is 1. The van der Waals surface area contributed by atoms with Gasteiger partial charge >= 0.3 is 0 Å². The summed E-state index contributed by atoms with van der Waals surface area (Å²) in [7, 11) is 0. The molecular formula is C18H20O3. The van der Waals surface area contributed by atoms with Crippen molar-refractivity contribution in [1.29, 1.82) is 0 Å². The molecule has 1 heterocycles. The minimum absolute atomic E-state index is 0.541. The van der Waals surface area contributed by atoms with Crippen LogP contribution < -0.4 is 9.47 Å². The van der Waals surface area contributed by atoms with Crippen molar-refractivity contribution in [3.63, 3.8) is 0 Å². The average molecular weight is 284 g/mol. The number of benzene rings is 2. The summed E-state index contributed by atoms with van der Waals surface area (Å²) in [5, 5.41) is 10.5. The number of hydrogen-bond acceptors (Lipinski definition) is 3. The number of hydrogen-bond donors (Lipinski definition) is 1. The van der Waals surface area contributed by atoms with Crippen LogP contribution in [0.2, 0.25) is 0 Å². The van der Waals surface area contributed by atoms with Crippen LogP contribution in [-0.2, 0) is 6.42 Å². The van der Waals surface area contributed by atoms with E-state index < -0.39 is 6.10 Å². The molecule has 0 spiro atoms. The number of aliphatic hydroxyl groups excluding tert-OH is 1. The average Bonchev–Trinajstić information content (AvgIpc) is 2.50. The van der Waals surface area contributed by atoms with Gasteiger partial charge in [0.05, 0.1) is 6.10 Å². The second-order valence-electron chi connectivity index (χ2n) is 5.49. The summed E-state index contributed by atoms with van der Waals surface area (Å²) in [6, 6.07) is 11.9. The van der Waals surface area contributed by atoms with E-state index in [1.807, 2.05) is 24.3 Å². The molecule has 3 nitrogen and oxygen atoms in total. The molecule has 1 unspecified atom stereocenters. The van der Waals surface area contributed by atoms with Crippen molar-refractivity contribution in [2.45, 2.75) is 26.4 Å². The first-order chi connectivity index (χ1) is 10.1. The number of aliphatic hydroxyl groups is 1. The third kappa shape index (κ3) is 2.88. The maximum Gasteiger partial charge on any atom is 0.161 e. The second kappa shape index (κ2) is 5.78. The predicted octanol–water partition coefficient (Wildman–Crippen LogP) is 3.35. The smallest absolute Gasteiger partial charge is 0.161 e. The molecule has 0 radical (unpaired) electrons. The lowest BCUT2D eigenvalue weighted by atomic mass is 9.94. The van der Waals surface area contributed by atoms with Gasteiger partial charge in [-0.25, -0.2) is 0 Å². The zero-order chi connectivity index (χ0) is 14.8. The van der Waals surface area contributed by atoms with E-state index in [0.717, 1.165) is 17.1 Å². The third-order valence-electron chi connectivity index (χ3n) is 3.99. The monoisotopic (exact) mass is 284 g/mol. The lowest BCUT2D eigenvalue weighted by Crippen LogP contribution is -2.15. The van der Waals surface area contributed by atoms with Gasteiger partial charge in [-0.2, -0.15) is 0 Å². The van der Waals surface area contributed by atoms with Crippen LogP contribution in [0.1, 0.15) is 28.4 Å². The van der Waals surface area contributed by atoms with Gasteiger partial charge in [0.15, 0.2) is 11.5 Å². The highest BCUT2D eigenvalue weighted by molar-refractivity contribution is 5.45. The summed E-state index contributed by atoms with van der Waals surface area (Å²) in [6.45, 7) is 5.30. The zero-order valence-corrected chi connectivity index (χ0v) is 12.4. The largest absolute Gasteiger partial charge is 0.486 e. The molecule has 0 fully saturated rings. The molecule has 0 bridgehead atoms. The lowest BCUT2D eigenvalue weighted by molar-refractivity contribution is 0.164. The highest BCUT2D eigenvalue weighted by Crippen LogP contribution is 2.33. The van der Waals surface area contributed by atoms with E-state index in [0.29, 0.717) is 19.6 Å². The summed E-state index contributed by atoms with van der Waals surface area (Å²) in [5.41, 5.74) is 4.50. The molecule has 3 rings (SSSR count). The Morgan fingerprint density at radius 2 is 1.67 bits per heavy atom. The fourth-order valence-electron chi connectivity index (χ4n) is 2.75. The number of rotatable bonds is 3. The Morgan fingerprint density at radius 1 is 1.00 bits per heavy atom. The van der Waals surface area contributed by atoms with Gasteiger partial charge in [-0.05, 0) is 48.2 Å². The molecule has 1 atom stereocenters. The normalized spacial score (nSPS) is 14.8. The zero-order valence-electron chi connectivity index (χ0n) is 12.4. The van der Waals surface area contributed by atoms with Crippen LogP contribution in [0.15, 0.2) is 36.4 Å². The Kier molecular flexibility index (Phi) is 3.84. The van der Waals surface area contributed by atoms with E-state index in [9.17, 15) is 5.11 Å². The molecule has 1 aliphatic heterocycles. The Hall–Kier alpha value is -2.00. The second-order valence-corrected chi connectivity index (χ2v) is 5.49. The van der Waals surface area contributed by atoms with Crippen LogP contribution in [0.3, 0.4) is 0 Å². The van der Waals surface area contributed by atoms with Crippen molar-refractivity contribution in [2.75, 3.05) is 13.2 Å². The maximum absolute atomic E-state index is 10.5. The standard InChI is InChI=1S/C18H20O3/c1-12-4-3-5-13(2)15(12)11-16(19)14-6-7-17-18(10-14)21-9-8-20-17/h3-7,10,16,19H,8-9,11H2,1-2H3. The van der Waals surface area contributed by atoms with Crippen molar-refractivity contribution >= 4 is 0 Å². The van der Waals surface area contributed by atoms with E-state index in [4.69, 9.17) is 9.47 Å². The van der Waals surface area contributed by atoms with E-state index in [1.54, 1.807) is 0 Å². The van der Waals surface area contributed by atoms with Crippen LogP contribution >= 0.6 is 0 Å². The molecule has 2 aromatic rings. The van der Waals surface area contributed by atoms with Gasteiger partial charge in [-0.15, -0.1) is 0 Å². The highest BCUT2D eigenvalue weighted by Gasteiger charge is 2.17. The van der Waals surface area contributed by atoms with E-state index >= 15 is 0 Å². The summed E-state index contributed by atoms with van der Waals surface area (Å²) >= 11 is 0. The van der Waals surface area contributed by atoms with Gasteiger partial charge in [0.2, 0.25) is 0 Å². The van der Waals surface area contributed by atoms with Crippen molar-refractivity contribution < 1.29 is 14.6 Å². The van der Waals surface area contributed by atoms with Crippen LogP contribution in [0, 0.1) is 13.8 Å².